The van der Waals surface area contributed by atoms with Crippen LogP contribution in [0, 0.1) is 17.2 Å². The number of nitrogens with zero attached hydrogens (tertiary/aromatic N) is 2. The van der Waals surface area contributed by atoms with E-state index in [9.17, 15) is 10.1 Å². The first kappa shape index (κ1) is 18.0. The van der Waals surface area contributed by atoms with Gasteiger partial charge in [0.05, 0.1) is 12.0 Å². The molecule has 3 aliphatic rings. The molecule has 2 aromatic carbocycles. The maximum Gasteiger partial charge on any atom is 0.243 e. The number of anilines is 1. The highest BCUT2D eigenvalue weighted by Crippen LogP contribution is 2.57. The molecule has 0 aromatic heterocycles. The number of hydrogen-bond donors (Lipinski definition) is 3. The van der Waals surface area contributed by atoms with Crippen LogP contribution in [0.3, 0.4) is 0 Å². The summed E-state index contributed by atoms with van der Waals surface area (Å²) >= 11 is 6.06. The molecule has 2 aromatic rings. The predicted molar refractivity (Wildman–Crippen MR) is 107 cm³/mol. The van der Waals surface area contributed by atoms with Gasteiger partial charge in [-0.05, 0) is 29.3 Å². The van der Waals surface area contributed by atoms with E-state index in [0.717, 1.165) is 16.8 Å². The van der Waals surface area contributed by atoms with E-state index in [0.29, 0.717) is 5.02 Å². The molecule has 0 saturated carbocycles. The third-order valence-corrected chi connectivity index (χ3v) is 6.39. The van der Waals surface area contributed by atoms with Gasteiger partial charge >= 0.3 is 0 Å². The number of rotatable bonds is 1. The van der Waals surface area contributed by atoms with Gasteiger partial charge in [0.2, 0.25) is 11.8 Å². The van der Waals surface area contributed by atoms with Crippen LogP contribution < -0.4 is 21.5 Å². The number of benzene rings is 2. The van der Waals surface area contributed by atoms with Crippen molar-refractivity contribution in [2.45, 2.75) is 17.7 Å². The van der Waals surface area contributed by atoms with Gasteiger partial charge in [0.15, 0.2) is 6.23 Å². The van der Waals surface area contributed by atoms with E-state index in [-0.39, 0.29) is 23.4 Å². The number of nitrogens with two attached hydrogens (primary N) is 1. The number of nitriles is 1. The fourth-order valence-electron chi connectivity index (χ4n) is 4.92. The summed E-state index contributed by atoms with van der Waals surface area (Å²) in [7, 11) is 1.72. The van der Waals surface area contributed by atoms with Crippen LogP contribution in [0.1, 0.15) is 17.2 Å². The summed E-state index contributed by atoms with van der Waals surface area (Å²) in [5.41, 5.74) is 13.8. The number of hydrazine groups is 1. The minimum Gasteiger partial charge on any atom is -0.458 e. The summed E-state index contributed by atoms with van der Waals surface area (Å²) < 4.78 is 5.84. The molecular weight excluding hydrogens is 390 g/mol. The van der Waals surface area contributed by atoms with Crippen molar-refractivity contribution < 1.29 is 9.53 Å². The summed E-state index contributed by atoms with van der Waals surface area (Å²) in [5, 5.41) is 10.7. The Kier molecular flexibility index (Phi) is 3.87. The minimum absolute atomic E-state index is 0.0294. The van der Waals surface area contributed by atoms with Crippen molar-refractivity contribution in [3.63, 3.8) is 0 Å². The van der Waals surface area contributed by atoms with E-state index >= 15 is 0 Å². The van der Waals surface area contributed by atoms with Crippen LogP contribution in [-0.4, -0.2) is 19.2 Å². The van der Waals surface area contributed by atoms with E-state index in [4.69, 9.17) is 22.1 Å². The summed E-state index contributed by atoms with van der Waals surface area (Å²) in [6.07, 6.45) is -0.587. The zero-order chi connectivity index (χ0) is 20.3. The maximum absolute atomic E-state index is 13.8. The quantitative estimate of drug-likeness (QED) is 0.668. The lowest BCUT2D eigenvalue weighted by molar-refractivity contribution is -0.126. The van der Waals surface area contributed by atoms with Crippen molar-refractivity contribution in [3.8, 4) is 6.07 Å². The lowest BCUT2D eigenvalue weighted by Gasteiger charge is -2.42. The average molecular weight is 408 g/mol. The Balaban J connectivity index is 1.79. The summed E-state index contributed by atoms with van der Waals surface area (Å²) in [6, 6.07) is 16.8. The van der Waals surface area contributed by atoms with E-state index in [1.165, 1.54) is 0 Å². The number of nitrogens with one attached hydrogen (secondary N) is 2. The third kappa shape index (κ3) is 2.22. The standard InChI is InChI=1S/C21H18ClN5O2/c1-27-15-5-3-2-4-13(15)21(20(27)28)14(10-23)18(24)29-19-16(21)17(25-26-19)11-6-8-12(22)9-7-11/h2-9,16-17,19,25-26H,24H2,1H3. The van der Waals surface area contributed by atoms with Gasteiger partial charge in [-0.3, -0.25) is 4.79 Å². The average Bonchev–Trinajstić information content (AvgIpc) is 3.24. The van der Waals surface area contributed by atoms with Gasteiger partial charge in [-0.2, -0.15) is 5.26 Å². The van der Waals surface area contributed by atoms with E-state index in [1.807, 2.05) is 36.4 Å². The highest BCUT2D eigenvalue weighted by molar-refractivity contribution is 6.30. The summed E-state index contributed by atoms with van der Waals surface area (Å²) in [6.45, 7) is 0. The van der Waals surface area contributed by atoms with Gasteiger partial charge in [-0.1, -0.05) is 41.9 Å². The van der Waals surface area contributed by atoms with Crippen molar-refractivity contribution in [1.82, 2.24) is 10.9 Å². The fraction of sp³-hybridized carbons (Fsp3) is 0.238. The van der Waals surface area contributed by atoms with Crippen LogP contribution in [0.4, 0.5) is 5.69 Å². The molecule has 0 aliphatic carbocycles. The molecule has 1 amide bonds. The molecule has 1 spiro atoms. The molecule has 1 fully saturated rings. The molecule has 4 atom stereocenters. The molecule has 4 N–H and O–H groups in total. The zero-order valence-corrected chi connectivity index (χ0v) is 16.3. The topological polar surface area (TPSA) is 103 Å². The number of halogens is 1. The highest BCUT2D eigenvalue weighted by Gasteiger charge is 2.66. The Morgan fingerprint density at radius 2 is 1.93 bits per heavy atom. The number of likely N-dealkylation sites (N-methyl/N-ethyl adjacent to an activating group) is 1. The second-order valence-corrected chi connectivity index (χ2v) is 7.86. The van der Waals surface area contributed by atoms with Crippen molar-refractivity contribution in [2.24, 2.45) is 11.7 Å². The van der Waals surface area contributed by atoms with Gasteiger partial charge in [0.25, 0.3) is 0 Å². The highest BCUT2D eigenvalue weighted by atomic mass is 35.5. The van der Waals surface area contributed by atoms with Crippen LogP contribution in [0.25, 0.3) is 0 Å². The number of carbonyl (C=O) groups excluding carboxylic acids is 1. The summed E-state index contributed by atoms with van der Waals surface area (Å²) in [4.78, 5) is 15.4. The van der Waals surface area contributed by atoms with E-state index in [2.05, 4.69) is 16.9 Å². The number of hydrogen-bond acceptors (Lipinski definition) is 6. The largest absolute Gasteiger partial charge is 0.458 e. The lowest BCUT2D eigenvalue weighted by atomic mass is 9.62. The molecule has 0 radical (unpaired) electrons. The minimum atomic E-state index is -1.26. The normalized spacial score (nSPS) is 30.2. The monoisotopic (exact) mass is 407 g/mol. The van der Waals surface area contributed by atoms with Crippen LogP contribution in [0.2, 0.25) is 5.02 Å². The number of fused-ring (bicyclic) bond motifs is 4. The number of amides is 1. The molecular formula is C21H18ClN5O2. The number of carbonyl (C=O) groups is 1. The van der Waals surface area contributed by atoms with Crippen LogP contribution in [0.15, 0.2) is 60.0 Å². The first-order valence-electron chi connectivity index (χ1n) is 9.21. The number of para-hydroxylation sites is 1. The lowest BCUT2D eigenvalue weighted by Crippen LogP contribution is -2.55. The Hall–Kier alpha value is -3.05. The SMILES string of the molecule is CN1C(=O)C2(C(C#N)=C(N)OC3NNC(c4ccc(Cl)cc4)C32)c2ccccc21. The van der Waals surface area contributed by atoms with Gasteiger partial charge < -0.3 is 15.4 Å². The predicted octanol–water partition coefficient (Wildman–Crippen LogP) is 2.07. The molecule has 3 heterocycles. The Bertz CT molecular complexity index is 1090. The van der Waals surface area contributed by atoms with Crippen LogP contribution in [0.5, 0.6) is 0 Å². The van der Waals surface area contributed by atoms with Crippen molar-refractivity contribution in [3.05, 3.63) is 76.1 Å². The second-order valence-electron chi connectivity index (χ2n) is 7.42. The Morgan fingerprint density at radius 3 is 2.66 bits per heavy atom. The van der Waals surface area contributed by atoms with Gasteiger partial charge in [-0.25, -0.2) is 10.9 Å². The summed E-state index contributed by atoms with van der Waals surface area (Å²) in [5.74, 6) is -0.663. The molecule has 146 valence electrons. The molecule has 3 aliphatic heterocycles. The number of ether oxygens (including phenoxy) is 1. The molecule has 1 saturated heterocycles. The zero-order valence-electron chi connectivity index (χ0n) is 15.5. The first-order valence-corrected chi connectivity index (χ1v) is 9.59. The molecule has 29 heavy (non-hydrogen) atoms. The van der Waals surface area contributed by atoms with Gasteiger partial charge in [-0.15, -0.1) is 0 Å². The Morgan fingerprint density at radius 1 is 1.21 bits per heavy atom. The molecule has 0 bridgehead atoms. The smallest absolute Gasteiger partial charge is 0.243 e. The molecule has 5 rings (SSSR count). The molecule has 8 heteroatoms. The fourth-order valence-corrected chi connectivity index (χ4v) is 5.05. The van der Waals surface area contributed by atoms with Crippen LogP contribution in [-0.2, 0) is 14.9 Å². The van der Waals surface area contributed by atoms with E-state index in [1.54, 1.807) is 24.1 Å². The van der Waals surface area contributed by atoms with Crippen molar-refractivity contribution in [2.75, 3.05) is 11.9 Å². The van der Waals surface area contributed by atoms with Crippen molar-refractivity contribution in [1.29, 1.82) is 5.26 Å². The molecule has 7 nitrogen and oxygen atoms in total. The van der Waals surface area contributed by atoms with Crippen LogP contribution >= 0.6 is 11.6 Å². The first-order chi connectivity index (χ1) is 14.0. The van der Waals surface area contributed by atoms with Gasteiger partial charge in [0.1, 0.15) is 17.1 Å². The van der Waals surface area contributed by atoms with Crippen molar-refractivity contribution >= 4 is 23.2 Å². The second kappa shape index (κ2) is 6.22. The maximum atomic E-state index is 13.8. The molecule has 4 unspecified atom stereocenters. The Labute approximate surface area is 172 Å². The van der Waals surface area contributed by atoms with Gasteiger partial charge in [0, 0.05) is 17.8 Å². The third-order valence-electron chi connectivity index (χ3n) is 6.13. The van der Waals surface area contributed by atoms with E-state index < -0.39 is 17.6 Å².